The molecule has 0 bridgehead atoms. The molecule has 0 heterocycles. The Balaban J connectivity index is 0.000000202. The molecule has 0 aliphatic carbocycles. The Bertz CT molecular complexity index is 1730. The minimum Gasteiger partial charge on any atom is -0.473 e. The highest BCUT2D eigenvalue weighted by molar-refractivity contribution is 6.27. The van der Waals surface area contributed by atoms with Crippen molar-refractivity contribution in [3.05, 3.63) is 215 Å². The van der Waals surface area contributed by atoms with Crippen LogP contribution in [0.15, 0.2) is 182 Å². The first-order valence-electron chi connectivity index (χ1n) is 16.6. The van der Waals surface area contributed by atoms with Gasteiger partial charge in [-0.3, -0.25) is 9.59 Å². The van der Waals surface area contributed by atoms with Crippen LogP contribution < -0.4 is 0 Å². The number of carboxylic acid groups (broad SMARTS) is 2. The van der Waals surface area contributed by atoms with E-state index in [9.17, 15) is 9.59 Å². The van der Waals surface area contributed by atoms with Crippen molar-refractivity contribution < 1.29 is 29.4 Å². The maximum atomic E-state index is 12.9. The summed E-state index contributed by atoms with van der Waals surface area (Å²) in [5, 5.41) is 14.8. The molecule has 0 atom stereocenters. The number of hydrogen-bond acceptors (Lipinski definition) is 4. The molecular formula is C44H40N2O6. The second-order valence-electron chi connectivity index (χ2n) is 11.6. The highest BCUT2D eigenvalue weighted by atomic mass is 16.4. The van der Waals surface area contributed by atoms with E-state index in [0.717, 1.165) is 33.4 Å². The molecule has 0 fully saturated rings. The molecule has 6 aromatic carbocycles. The van der Waals surface area contributed by atoms with Crippen LogP contribution in [0, 0.1) is 0 Å². The van der Waals surface area contributed by atoms with Crippen LogP contribution in [0.3, 0.4) is 0 Å². The standard InChI is InChI=1S/2C21H19NO.C2H2O4/c2*23-21(20-14-8-3-9-15-20)22(16-18-10-4-1-5-11-18)17-19-12-6-2-7-13-19;3-1(4)2(5)6/h2*1-15H,16-17H2;(H,3,4)(H,5,6). The van der Waals surface area contributed by atoms with Crippen molar-refractivity contribution >= 4 is 23.8 Å². The van der Waals surface area contributed by atoms with E-state index in [1.807, 2.05) is 143 Å². The number of hydrogen-bond donors (Lipinski definition) is 2. The van der Waals surface area contributed by atoms with Crippen molar-refractivity contribution in [2.75, 3.05) is 0 Å². The van der Waals surface area contributed by atoms with Crippen molar-refractivity contribution in [3.8, 4) is 0 Å². The van der Waals surface area contributed by atoms with Gasteiger partial charge in [0, 0.05) is 37.3 Å². The summed E-state index contributed by atoms with van der Waals surface area (Å²) in [6.07, 6.45) is 0. The smallest absolute Gasteiger partial charge is 0.414 e. The molecule has 0 spiro atoms. The highest BCUT2D eigenvalue weighted by Gasteiger charge is 2.17. The molecule has 6 rings (SSSR count). The first-order chi connectivity index (χ1) is 25.3. The molecule has 0 saturated heterocycles. The predicted molar refractivity (Wildman–Crippen MR) is 201 cm³/mol. The lowest BCUT2D eigenvalue weighted by molar-refractivity contribution is -0.159. The minimum atomic E-state index is -1.82. The van der Waals surface area contributed by atoms with Gasteiger partial charge in [-0.1, -0.05) is 158 Å². The van der Waals surface area contributed by atoms with E-state index in [1.165, 1.54) is 0 Å². The fraction of sp³-hybridized carbons (Fsp3) is 0.0909. The van der Waals surface area contributed by atoms with Crippen molar-refractivity contribution in [2.24, 2.45) is 0 Å². The quantitative estimate of drug-likeness (QED) is 0.140. The molecule has 52 heavy (non-hydrogen) atoms. The second kappa shape index (κ2) is 20.7. The topological polar surface area (TPSA) is 115 Å². The third-order valence-corrected chi connectivity index (χ3v) is 7.66. The number of carbonyl (C=O) groups excluding carboxylic acids is 2. The van der Waals surface area contributed by atoms with E-state index < -0.39 is 11.9 Å². The lowest BCUT2D eigenvalue weighted by atomic mass is 10.1. The summed E-state index contributed by atoms with van der Waals surface area (Å²) in [6, 6.07) is 59.3. The van der Waals surface area contributed by atoms with Gasteiger partial charge in [-0.15, -0.1) is 0 Å². The zero-order chi connectivity index (χ0) is 37.0. The number of benzene rings is 6. The van der Waals surface area contributed by atoms with E-state index >= 15 is 0 Å². The molecular weight excluding hydrogens is 652 g/mol. The summed E-state index contributed by atoms with van der Waals surface area (Å²) in [7, 11) is 0. The summed E-state index contributed by atoms with van der Waals surface area (Å²) in [5.41, 5.74) is 5.97. The number of carbonyl (C=O) groups is 4. The van der Waals surface area contributed by atoms with E-state index in [4.69, 9.17) is 19.8 Å². The van der Waals surface area contributed by atoms with Crippen LogP contribution in [0.2, 0.25) is 0 Å². The Hall–Kier alpha value is -6.80. The van der Waals surface area contributed by atoms with Gasteiger partial charge in [0.05, 0.1) is 0 Å². The molecule has 262 valence electrons. The van der Waals surface area contributed by atoms with Crippen LogP contribution in [0.4, 0.5) is 0 Å². The zero-order valence-corrected chi connectivity index (χ0v) is 28.6. The van der Waals surface area contributed by atoms with Gasteiger partial charge in [0.1, 0.15) is 0 Å². The normalized spacial score (nSPS) is 9.92. The molecule has 0 aliphatic rings. The number of aliphatic carboxylic acids is 2. The molecule has 0 aromatic heterocycles. The van der Waals surface area contributed by atoms with Gasteiger partial charge >= 0.3 is 11.9 Å². The van der Waals surface area contributed by atoms with E-state index in [0.29, 0.717) is 26.2 Å². The van der Waals surface area contributed by atoms with E-state index in [2.05, 4.69) is 48.5 Å². The average Bonchev–Trinajstić information content (AvgIpc) is 3.19. The van der Waals surface area contributed by atoms with Gasteiger partial charge in [-0.25, -0.2) is 9.59 Å². The summed E-state index contributed by atoms with van der Waals surface area (Å²) >= 11 is 0. The van der Waals surface area contributed by atoms with Crippen molar-refractivity contribution in [1.29, 1.82) is 0 Å². The van der Waals surface area contributed by atoms with Gasteiger partial charge in [0.25, 0.3) is 11.8 Å². The molecule has 8 heteroatoms. The van der Waals surface area contributed by atoms with Gasteiger partial charge < -0.3 is 20.0 Å². The summed E-state index contributed by atoms with van der Waals surface area (Å²) in [4.78, 5) is 47.7. The monoisotopic (exact) mass is 692 g/mol. The fourth-order valence-corrected chi connectivity index (χ4v) is 5.14. The first-order valence-corrected chi connectivity index (χ1v) is 16.6. The maximum absolute atomic E-state index is 12.9. The van der Waals surface area contributed by atoms with Gasteiger partial charge in [-0.05, 0) is 46.5 Å². The molecule has 0 unspecified atom stereocenters. The third kappa shape index (κ3) is 12.9. The summed E-state index contributed by atoms with van der Waals surface area (Å²) < 4.78 is 0. The Kier molecular flexibility index (Phi) is 15.1. The molecule has 2 amide bonds. The maximum Gasteiger partial charge on any atom is 0.414 e. The molecule has 0 radical (unpaired) electrons. The Morgan fingerprint density at radius 3 is 0.712 bits per heavy atom. The Morgan fingerprint density at radius 1 is 0.327 bits per heavy atom. The molecule has 0 aliphatic heterocycles. The molecule has 2 N–H and O–H groups in total. The van der Waals surface area contributed by atoms with Crippen LogP contribution in [0.5, 0.6) is 0 Å². The number of carboxylic acids is 2. The van der Waals surface area contributed by atoms with Crippen LogP contribution >= 0.6 is 0 Å². The predicted octanol–water partition coefficient (Wildman–Crippen LogP) is 8.21. The van der Waals surface area contributed by atoms with Crippen LogP contribution in [-0.2, 0) is 35.8 Å². The van der Waals surface area contributed by atoms with Gasteiger partial charge in [0.2, 0.25) is 0 Å². The number of rotatable bonds is 10. The van der Waals surface area contributed by atoms with E-state index in [-0.39, 0.29) is 11.8 Å². The first kappa shape index (κ1) is 38.0. The van der Waals surface area contributed by atoms with Gasteiger partial charge in [-0.2, -0.15) is 0 Å². The minimum absolute atomic E-state index is 0.0540. The number of amides is 2. The number of nitrogens with zero attached hydrogens (tertiary/aromatic N) is 2. The van der Waals surface area contributed by atoms with Crippen LogP contribution in [0.1, 0.15) is 43.0 Å². The highest BCUT2D eigenvalue weighted by Crippen LogP contribution is 2.16. The average molecular weight is 693 g/mol. The Labute approximate surface area is 303 Å². The Morgan fingerprint density at radius 2 is 0.519 bits per heavy atom. The van der Waals surface area contributed by atoms with Gasteiger partial charge in [0.15, 0.2) is 0 Å². The zero-order valence-electron chi connectivity index (χ0n) is 28.6. The van der Waals surface area contributed by atoms with Crippen molar-refractivity contribution in [2.45, 2.75) is 26.2 Å². The third-order valence-electron chi connectivity index (χ3n) is 7.66. The van der Waals surface area contributed by atoms with Crippen LogP contribution in [0.25, 0.3) is 0 Å². The largest absolute Gasteiger partial charge is 0.473 e. The second-order valence-corrected chi connectivity index (χ2v) is 11.6. The summed E-state index contributed by atoms with van der Waals surface area (Å²) in [6.45, 7) is 2.40. The van der Waals surface area contributed by atoms with Crippen molar-refractivity contribution in [1.82, 2.24) is 9.80 Å². The lowest BCUT2D eigenvalue weighted by Gasteiger charge is -2.23. The van der Waals surface area contributed by atoms with Crippen LogP contribution in [-0.4, -0.2) is 43.8 Å². The molecule has 8 nitrogen and oxygen atoms in total. The SMILES string of the molecule is O=C(O)C(=O)O.O=C(c1ccccc1)N(Cc1ccccc1)Cc1ccccc1.O=C(c1ccccc1)N(Cc1ccccc1)Cc1ccccc1. The van der Waals surface area contributed by atoms with E-state index in [1.54, 1.807) is 0 Å². The lowest BCUT2D eigenvalue weighted by Crippen LogP contribution is -2.30. The molecule has 6 aromatic rings. The fourth-order valence-electron chi connectivity index (χ4n) is 5.14. The summed E-state index contributed by atoms with van der Waals surface area (Å²) in [5.74, 6) is -3.54. The molecule has 0 saturated carbocycles. The van der Waals surface area contributed by atoms with Crippen molar-refractivity contribution in [3.63, 3.8) is 0 Å².